The minimum Gasteiger partial charge on any atom is -0.353 e. The second-order valence-corrected chi connectivity index (χ2v) is 6.86. The average Bonchev–Trinajstić information content (AvgIpc) is 3.14. The Hall–Kier alpha value is -1.04. The summed E-state index contributed by atoms with van der Waals surface area (Å²) in [6, 6.07) is 0.229. The van der Waals surface area contributed by atoms with Crippen molar-refractivity contribution in [1.29, 1.82) is 0 Å². The average molecular weight is 310 g/mol. The van der Waals surface area contributed by atoms with E-state index in [0.717, 1.165) is 24.6 Å². The second-order valence-electron chi connectivity index (χ2n) is 5.92. The molecule has 1 saturated carbocycles. The van der Waals surface area contributed by atoms with Gasteiger partial charge in [0.05, 0.1) is 5.75 Å². The molecular weight excluding hydrogens is 284 g/mol. The Kier molecular flexibility index (Phi) is 6.54. The lowest BCUT2D eigenvalue weighted by molar-refractivity contribution is -0.119. The molecule has 0 aromatic carbocycles. The topological polar surface area (TPSA) is 70.7 Å². The van der Waals surface area contributed by atoms with Crippen molar-refractivity contribution in [2.75, 3.05) is 5.75 Å². The molecule has 2 rings (SSSR count). The highest BCUT2D eigenvalue weighted by Gasteiger charge is 2.16. The molecule has 0 radical (unpaired) electrons. The third-order valence-corrected chi connectivity index (χ3v) is 4.97. The molecule has 2 N–H and O–H groups in total. The van der Waals surface area contributed by atoms with Crippen LogP contribution in [0.2, 0.25) is 0 Å². The molecule has 5 nitrogen and oxygen atoms in total. The van der Waals surface area contributed by atoms with E-state index in [2.05, 4.69) is 27.4 Å². The highest BCUT2D eigenvalue weighted by molar-refractivity contribution is 7.99. The van der Waals surface area contributed by atoms with Crippen LogP contribution in [0.1, 0.15) is 58.2 Å². The lowest BCUT2D eigenvalue weighted by Crippen LogP contribution is -2.33. The fourth-order valence-corrected chi connectivity index (χ4v) is 3.27. The Morgan fingerprint density at radius 1 is 1.48 bits per heavy atom. The summed E-state index contributed by atoms with van der Waals surface area (Å²) in [6.07, 6.45) is 8.62. The van der Waals surface area contributed by atoms with Crippen LogP contribution in [0.25, 0.3) is 0 Å². The summed E-state index contributed by atoms with van der Waals surface area (Å²) < 4.78 is 0. The number of hydrogen-bond acceptors (Lipinski definition) is 4. The van der Waals surface area contributed by atoms with Crippen molar-refractivity contribution in [1.82, 2.24) is 20.5 Å². The summed E-state index contributed by atoms with van der Waals surface area (Å²) in [7, 11) is 0. The number of hydrogen-bond donors (Lipinski definition) is 2. The standard InChI is InChI=1S/C15H26N4OS/c1-3-11(2)16-14(20)10-21-15-17-13(18-19-15)9-8-12-6-4-5-7-12/h11-12H,3-10H2,1-2H3,(H,16,20)(H,17,18,19). The Balaban J connectivity index is 1.68. The third-order valence-electron chi connectivity index (χ3n) is 4.13. The summed E-state index contributed by atoms with van der Waals surface area (Å²) in [5, 5.41) is 10.8. The second kappa shape index (κ2) is 8.41. The molecule has 21 heavy (non-hydrogen) atoms. The molecule has 1 aromatic rings. The molecule has 1 amide bonds. The van der Waals surface area contributed by atoms with Gasteiger partial charge in [-0.1, -0.05) is 44.4 Å². The molecule has 1 fully saturated rings. The number of carbonyl (C=O) groups is 1. The number of amides is 1. The summed E-state index contributed by atoms with van der Waals surface area (Å²) in [4.78, 5) is 16.2. The lowest BCUT2D eigenvalue weighted by atomic mass is 10.0. The van der Waals surface area contributed by atoms with Crippen LogP contribution >= 0.6 is 11.8 Å². The predicted octanol–water partition coefficient (Wildman–Crippen LogP) is 2.93. The van der Waals surface area contributed by atoms with E-state index in [0.29, 0.717) is 10.9 Å². The van der Waals surface area contributed by atoms with Crippen molar-refractivity contribution >= 4 is 17.7 Å². The normalized spacial score (nSPS) is 17.0. The van der Waals surface area contributed by atoms with Crippen LogP contribution < -0.4 is 5.32 Å². The van der Waals surface area contributed by atoms with Crippen LogP contribution in [0, 0.1) is 5.92 Å². The van der Waals surface area contributed by atoms with Crippen LogP contribution in [-0.4, -0.2) is 32.9 Å². The van der Waals surface area contributed by atoms with Crippen molar-refractivity contribution in [3.05, 3.63) is 5.82 Å². The fraction of sp³-hybridized carbons (Fsp3) is 0.800. The van der Waals surface area contributed by atoms with E-state index in [9.17, 15) is 4.79 Å². The van der Waals surface area contributed by atoms with E-state index in [4.69, 9.17) is 0 Å². The monoisotopic (exact) mass is 310 g/mol. The summed E-state index contributed by atoms with van der Waals surface area (Å²) in [6.45, 7) is 4.07. The highest BCUT2D eigenvalue weighted by atomic mass is 32.2. The molecule has 1 heterocycles. The van der Waals surface area contributed by atoms with E-state index in [1.807, 2.05) is 6.92 Å². The van der Waals surface area contributed by atoms with Crippen molar-refractivity contribution < 1.29 is 4.79 Å². The zero-order chi connectivity index (χ0) is 15.1. The molecule has 1 atom stereocenters. The molecule has 0 bridgehead atoms. The molecule has 6 heteroatoms. The highest BCUT2D eigenvalue weighted by Crippen LogP contribution is 2.28. The Morgan fingerprint density at radius 3 is 2.95 bits per heavy atom. The number of rotatable bonds is 8. The number of H-pyrrole nitrogens is 1. The summed E-state index contributed by atoms with van der Waals surface area (Å²) >= 11 is 1.39. The van der Waals surface area contributed by atoms with E-state index in [1.54, 1.807) is 0 Å². The number of nitrogens with one attached hydrogen (secondary N) is 2. The number of aromatic amines is 1. The van der Waals surface area contributed by atoms with Gasteiger partial charge in [0.1, 0.15) is 5.82 Å². The van der Waals surface area contributed by atoms with Gasteiger partial charge in [-0.3, -0.25) is 9.89 Å². The number of thioether (sulfide) groups is 1. The van der Waals surface area contributed by atoms with Crippen LogP contribution in [0.3, 0.4) is 0 Å². The predicted molar refractivity (Wildman–Crippen MR) is 85.3 cm³/mol. The van der Waals surface area contributed by atoms with Gasteiger partial charge in [0, 0.05) is 12.5 Å². The van der Waals surface area contributed by atoms with E-state index < -0.39 is 0 Å². The maximum absolute atomic E-state index is 11.7. The lowest BCUT2D eigenvalue weighted by Gasteiger charge is -2.09. The minimum absolute atomic E-state index is 0.0478. The number of aromatic nitrogens is 3. The Bertz CT molecular complexity index is 443. The van der Waals surface area contributed by atoms with Gasteiger partial charge in [-0.2, -0.15) is 0 Å². The zero-order valence-electron chi connectivity index (χ0n) is 13.0. The molecule has 0 spiro atoms. The number of nitrogens with zero attached hydrogens (tertiary/aromatic N) is 2. The first-order valence-electron chi connectivity index (χ1n) is 8.00. The molecule has 1 aliphatic carbocycles. The maximum atomic E-state index is 11.7. The first kappa shape index (κ1) is 16.3. The quantitative estimate of drug-likeness (QED) is 0.724. The van der Waals surface area contributed by atoms with Gasteiger partial charge in [-0.05, 0) is 25.7 Å². The first-order chi connectivity index (χ1) is 10.2. The molecule has 118 valence electrons. The Morgan fingerprint density at radius 2 is 2.24 bits per heavy atom. The largest absolute Gasteiger partial charge is 0.353 e. The van der Waals surface area contributed by atoms with Gasteiger partial charge in [0.2, 0.25) is 11.1 Å². The van der Waals surface area contributed by atoms with Crippen molar-refractivity contribution in [3.8, 4) is 0 Å². The van der Waals surface area contributed by atoms with Gasteiger partial charge in [-0.15, -0.1) is 5.10 Å². The molecule has 1 aliphatic rings. The van der Waals surface area contributed by atoms with E-state index >= 15 is 0 Å². The van der Waals surface area contributed by atoms with Crippen LogP contribution in [0.4, 0.5) is 0 Å². The van der Waals surface area contributed by atoms with Crippen molar-refractivity contribution in [2.24, 2.45) is 5.92 Å². The molecular formula is C15H26N4OS. The van der Waals surface area contributed by atoms with Crippen LogP contribution in [-0.2, 0) is 11.2 Å². The third kappa shape index (κ3) is 5.69. The van der Waals surface area contributed by atoms with E-state index in [-0.39, 0.29) is 11.9 Å². The zero-order valence-corrected chi connectivity index (χ0v) is 13.8. The van der Waals surface area contributed by atoms with Crippen LogP contribution in [0.15, 0.2) is 5.16 Å². The number of aryl methyl sites for hydroxylation is 1. The van der Waals surface area contributed by atoms with Crippen molar-refractivity contribution in [3.63, 3.8) is 0 Å². The van der Waals surface area contributed by atoms with Gasteiger partial charge in [-0.25, -0.2) is 4.98 Å². The van der Waals surface area contributed by atoms with Crippen molar-refractivity contribution in [2.45, 2.75) is 70.0 Å². The van der Waals surface area contributed by atoms with Gasteiger partial charge in [0.15, 0.2) is 0 Å². The molecule has 0 saturated heterocycles. The van der Waals surface area contributed by atoms with Gasteiger partial charge in [0.25, 0.3) is 0 Å². The summed E-state index contributed by atoms with van der Waals surface area (Å²) in [5.74, 6) is 2.25. The maximum Gasteiger partial charge on any atom is 0.230 e. The Labute approximate surface area is 131 Å². The number of carbonyl (C=O) groups excluding carboxylic acids is 1. The minimum atomic E-state index is 0.0478. The van der Waals surface area contributed by atoms with Crippen LogP contribution in [0.5, 0.6) is 0 Å². The first-order valence-corrected chi connectivity index (χ1v) is 8.99. The SMILES string of the molecule is CCC(C)NC(=O)CSc1n[nH]c(CCC2CCCC2)n1. The molecule has 1 aromatic heterocycles. The van der Waals surface area contributed by atoms with Gasteiger partial charge >= 0.3 is 0 Å². The fourth-order valence-electron chi connectivity index (χ4n) is 2.64. The van der Waals surface area contributed by atoms with E-state index in [1.165, 1.54) is 43.9 Å². The molecule has 0 aliphatic heterocycles. The summed E-state index contributed by atoms with van der Waals surface area (Å²) in [5.41, 5.74) is 0. The molecule has 1 unspecified atom stereocenters. The smallest absolute Gasteiger partial charge is 0.230 e. The van der Waals surface area contributed by atoms with Gasteiger partial charge < -0.3 is 5.32 Å².